The van der Waals surface area contributed by atoms with Gasteiger partial charge in [-0.2, -0.15) is 4.99 Å². The monoisotopic (exact) mass is 360 g/mol. The Kier molecular flexibility index (Phi) is 5.25. The molecule has 130 valence electrons. The molecule has 3 rings (SSSR count). The number of hydrogen-bond donors (Lipinski definition) is 0. The van der Waals surface area contributed by atoms with Gasteiger partial charge in [0.2, 0.25) is 0 Å². The van der Waals surface area contributed by atoms with Gasteiger partial charge >= 0.3 is 0 Å². The van der Waals surface area contributed by atoms with Crippen LogP contribution in [0.3, 0.4) is 0 Å². The van der Waals surface area contributed by atoms with Crippen LogP contribution in [-0.4, -0.2) is 31.3 Å². The highest BCUT2D eigenvalue weighted by Crippen LogP contribution is 2.27. The highest BCUT2D eigenvalue weighted by atomic mass is 32.1. The second-order valence-electron chi connectivity index (χ2n) is 5.26. The van der Waals surface area contributed by atoms with Gasteiger partial charge in [-0.25, -0.2) is 4.39 Å². The first-order valence-corrected chi connectivity index (χ1v) is 8.45. The molecule has 0 N–H and O–H groups in total. The third-order valence-corrected chi connectivity index (χ3v) is 4.73. The second kappa shape index (κ2) is 7.58. The van der Waals surface area contributed by atoms with Crippen molar-refractivity contribution in [1.82, 2.24) is 4.57 Å². The van der Waals surface area contributed by atoms with Gasteiger partial charge in [-0.3, -0.25) is 4.79 Å². The molecule has 0 spiro atoms. The Labute approximate surface area is 148 Å². The van der Waals surface area contributed by atoms with E-state index < -0.39 is 11.7 Å². The molecule has 2 aromatic carbocycles. The van der Waals surface area contributed by atoms with Crippen LogP contribution in [0.1, 0.15) is 10.4 Å². The van der Waals surface area contributed by atoms with Gasteiger partial charge in [-0.15, -0.1) is 0 Å². The third-order valence-electron chi connectivity index (χ3n) is 3.69. The lowest BCUT2D eigenvalue weighted by Crippen LogP contribution is -2.19. The SMILES string of the molecule is COCCn1c(=NC(=O)c2ccc(F)cc2)sc2cccc(OC)c21. The largest absolute Gasteiger partial charge is 0.495 e. The van der Waals surface area contributed by atoms with Crippen molar-refractivity contribution in [3.63, 3.8) is 0 Å². The summed E-state index contributed by atoms with van der Waals surface area (Å²) in [6.45, 7) is 1.01. The number of fused-ring (bicyclic) bond motifs is 1. The van der Waals surface area contributed by atoms with E-state index in [-0.39, 0.29) is 0 Å². The van der Waals surface area contributed by atoms with Crippen molar-refractivity contribution in [2.24, 2.45) is 4.99 Å². The number of benzene rings is 2. The molecule has 0 aliphatic rings. The summed E-state index contributed by atoms with van der Waals surface area (Å²) in [7, 11) is 3.22. The lowest BCUT2D eigenvalue weighted by molar-refractivity contribution is 0.0997. The van der Waals surface area contributed by atoms with Gasteiger partial charge in [-0.05, 0) is 36.4 Å². The fourth-order valence-electron chi connectivity index (χ4n) is 2.48. The van der Waals surface area contributed by atoms with E-state index in [0.29, 0.717) is 29.3 Å². The fraction of sp³-hybridized carbons (Fsp3) is 0.222. The van der Waals surface area contributed by atoms with Crippen LogP contribution in [0.25, 0.3) is 10.2 Å². The third kappa shape index (κ3) is 3.62. The Bertz CT molecular complexity index is 961. The molecule has 1 heterocycles. The molecule has 0 fully saturated rings. The average molecular weight is 360 g/mol. The Morgan fingerprint density at radius 3 is 2.64 bits per heavy atom. The van der Waals surface area contributed by atoms with E-state index >= 15 is 0 Å². The smallest absolute Gasteiger partial charge is 0.279 e. The molecule has 0 radical (unpaired) electrons. The topological polar surface area (TPSA) is 52.8 Å². The molecule has 0 aliphatic carbocycles. The van der Waals surface area contributed by atoms with Crippen molar-refractivity contribution in [3.8, 4) is 5.75 Å². The number of ether oxygens (including phenoxy) is 2. The lowest BCUT2D eigenvalue weighted by atomic mass is 10.2. The van der Waals surface area contributed by atoms with Crippen LogP contribution in [0.2, 0.25) is 0 Å². The molecule has 0 aliphatic heterocycles. The number of hydrogen-bond acceptors (Lipinski definition) is 4. The molecule has 1 aromatic heterocycles. The Hall–Kier alpha value is -2.51. The Morgan fingerprint density at radius 1 is 1.20 bits per heavy atom. The van der Waals surface area contributed by atoms with Crippen molar-refractivity contribution < 1.29 is 18.7 Å². The molecule has 7 heteroatoms. The van der Waals surface area contributed by atoms with Crippen molar-refractivity contribution in [2.75, 3.05) is 20.8 Å². The molecule has 5 nitrogen and oxygen atoms in total. The number of amides is 1. The van der Waals surface area contributed by atoms with Crippen LogP contribution in [0.15, 0.2) is 47.5 Å². The summed E-state index contributed by atoms with van der Waals surface area (Å²) in [5.41, 5.74) is 1.21. The first-order chi connectivity index (χ1) is 12.1. The Balaban J connectivity index is 2.13. The summed E-state index contributed by atoms with van der Waals surface area (Å²) in [6, 6.07) is 11.1. The highest BCUT2D eigenvalue weighted by molar-refractivity contribution is 7.16. The summed E-state index contributed by atoms with van der Waals surface area (Å²) in [6.07, 6.45) is 0. The second-order valence-corrected chi connectivity index (χ2v) is 6.27. The minimum atomic E-state index is -0.420. The quantitative estimate of drug-likeness (QED) is 0.702. The number of carbonyl (C=O) groups excluding carboxylic acids is 1. The van der Waals surface area contributed by atoms with Gasteiger partial charge < -0.3 is 14.0 Å². The zero-order valence-corrected chi connectivity index (χ0v) is 14.7. The van der Waals surface area contributed by atoms with Gasteiger partial charge in [-0.1, -0.05) is 17.4 Å². The van der Waals surface area contributed by atoms with Crippen LogP contribution < -0.4 is 9.54 Å². The van der Waals surface area contributed by atoms with Crippen LogP contribution in [0.4, 0.5) is 4.39 Å². The predicted molar refractivity (Wildman–Crippen MR) is 94.5 cm³/mol. The summed E-state index contributed by atoms with van der Waals surface area (Å²) in [5.74, 6) is -0.101. The van der Waals surface area contributed by atoms with Gasteiger partial charge in [0.05, 0.1) is 18.4 Å². The number of para-hydroxylation sites is 1. The van der Waals surface area contributed by atoms with E-state index in [4.69, 9.17) is 9.47 Å². The van der Waals surface area contributed by atoms with Gasteiger partial charge in [0.25, 0.3) is 5.91 Å². The number of carbonyl (C=O) groups is 1. The van der Waals surface area contributed by atoms with E-state index in [0.717, 1.165) is 10.2 Å². The van der Waals surface area contributed by atoms with E-state index in [1.165, 1.54) is 35.6 Å². The predicted octanol–water partition coefficient (Wildman–Crippen LogP) is 3.24. The minimum absolute atomic E-state index is 0.337. The summed E-state index contributed by atoms with van der Waals surface area (Å²) in [5, 5.41) is 0. The molecule has 0 bridgehead atoms. The van der Waals surface area contributed by atoms with E-state index in [2.05, 4.69) is 4.99 Å². The minimum Gasteiger partial charge on any atom is -0.495 e. The molecule has 0 atom stereocenters. The van der Waals surface area contributed by atoms with Crippen LogP contribution in [-0.2, 0) is 11.3 Å². The van der Waals surface area contributed by atoms with Crippen molar-refractivity contribution in [2.45, 2.75) is 6.54 Å². The van der Waals surface area contributed by atoms with Crippen molar-refractivity contribution >= 4 is 27.5 Å². The molecular formula is C18H17FN2O3S. The zero-order chi connectivity index (χ0) is 17.8. The number of rotatable bonds is 5. The highest BCUT2D eigenvalue weighted by Gasteiger charge is 2.13. The van der Waals surface area contributed by atoms with Gasteiger partial charge in [0, 0.05) is 19.2 Å². The number of aromatic nitrogens is 1. The normalized spacial score (nSPS) is 11.9. The molecule has 0 saturated carbocycles. The van der Waals surface area contributed by atoms with Crippen molar-refractivity contribution in [3.05, 3.63) is 58.6 Å². The zero-order valence-electron chi connectivity index (χ0n) is 13.9. The summed E-state index contributed by atoms with van der Waals surface area (Å²) in [4.78, 5) is 17.2. The van der Waals surface area contributed by atoms with Crippen LogP contribution in [0, 0.1) is 5.82 Å². The van der Waals surface area contributed by atoms with Gasteiger partial charge in [0.15, 0.2) is 4.80 Å². The number of nitrogens with zero attached hydrogens (tertiary/aromatic N) is 2. The maximum Gasteiger partial charge on any atom is 0.279 e. The first-order valence-electron chi connectivity index (χ1n) is 7.64. The maximum absolute atomic E-state index is 13.0. The van der Waals surface area contributed by atoms with E-state index in [1.54, 1.807) is 14.2 Å². The molecule has 1 amide bonds. The van der Waals surface area contributed by atoms with E-state index in [1.807, 2.05) is 22.8 Å². The fourth-order valence-corrected chi connectivity index (χ4v) is 3.55. The molecule has 25 heavy (non-hydrogen) atoms. The number of methoxy groups -OCH3 is 2. The maximum atomic E-state index is 13.0. The molecular weight excluding hydrogens is 343 g/mol. The number of thiazole rings is 1. The van der Waals surface area contributed by atoms with Crippen LogP contribution in [0.5, 0.6) is 5.75 Å². The standard InChI is InChI=1S/C18H17FN2O3S/c1-23-11-10-21-16-14(24-2)4-3-5-15(16)25-18(21)20-17(22)12-6-8-13(19)9-7-12/h3-9H,10-11H2,1-2H3. The van der Waals surface area contributed by atoms with Crippen molar-refractivity contribution in [1.29, 1.82) is 0 Å². The Morgan fingerprint density at radius 2 is 1.96 bits per heavy atom. The number of halogens is 1. The summed E-state index contributed by atoms with van der Waals surface area (Å²) < 4.78 is 26.5. The molecule has 3 aromatic rings. The molecule has 0 saturated heterocycles. The first kappa shape index (κ1) is 17.3. The average Bonchev–Trinajstić information content (AvgIpc) is 2.97. The molecule has 0 unspecified atom stereocenters. The summed E-state index contributed by atoms with van der Waals surface area (Å²) >= 11 is 1.40. The van der Waals surface area contributed by atoms with Crippen LogP contribution >= 0.6 is 11.3 Å². The van der Waals surface area contributed by atoms with E-state index in [9.17, 15) is 9.18 Å². The lowest BCUT2D eigenvalue weighted by Gasteiger charge is -2.07. The van der Waals surface area contributed by atoms with Gasteiger partial charge in [0.1, 0.15) is 17.1 Å².